The molecule has 0 aliphatic rings. The Kier molecular flexibility index (Phi) is 3.66. The summed E-state index contributed by atoms with van der Waals surface area (Å²) in [5.74, 6) is 1.17. The van der Waals surface area contributed by atoms with Crippen LogP contribution >= 0.6 is 0 Å². The Morgan fingerprint density at radius 2 is 2.05 bits per heavy atom. The largest absolute Gasteiger partial charge is 0.334 e. The molecule has 0 saturated heterocycles. The Hall–Kier alpha value is -2.27. The van der Waals surface area contributed by atoms with Crippen LogP contribution in [0, 0.1) is 6.92 Å². The number of hydrogen-bond donors (Lipinski definition) is 1. The molecule has 3 rings (SSSR count). The average molecular weight is 282 g/mol. The molecule has 0 bridgehead atoms. The Labute approximate surface area is 123 Å². The lowest BCUT2D eigenvalue weighted by atomic mass is 10.1. The molecule has 5 heteroatoms. The van der Waals surface area contributed by atoms with Crippen molar-refractivity contribution in [3.05, 3.63) is 41.9 Å². The Morgan fingerprint density at radius 3 is 2.86 bits per heavy atom. The predicted molar refractivity (Wildman–Crippen MR) is 81.7 cm³/mol. The van der Waals surface area contributed by atoms with Gasteiger partial charge in [0.05, 0.1) is 11.1 Å². The minimum absolute atomic E-state index is 0.0615. The highest BCUT2D eigenvalue weighted by Gasteiger charge is 2.14. The second-order valence-corrected chi connectivity index (χ2v) is 5.22. The predicted octanol–water partition coefficient (Wildman–Crippen LogP) is 2.87. The molecular weight excluding hydrogens is 264 g/mol. The lowest BCUT2D eigenvalue weighted by molar-refractivity contribution is 0.419. The molecule has 1 atom stereocenters. The Bertz CT molecular complexity index is 766. The van der Waals surface area contributed by atoms with E-state index in [1.54, 1.807) is 0 Å². The van der Waals surface area contributed by atoms with E-state index in [0.29, 0.717) is 18.1 Å². The summed E-state index contributed by atoms with van der Waals surface area (Å²) < 4.78 is 5.41. The third-order valence-corrected chi connectivity index (χ3v) is 3.51. The second kappa shape index (κ2) is 5.61. The van der Waals surface area contributed by atoms with Gasteiger partial charge < -0.3 is 10.3 Å². The van der Waals surface area contributed by atoms with Gasteiger partial charge in [-0.1, -0.05) is 30.3 Å². The van der Waals surface area contributed by atoms with Gasteiger partial charge in [-0.3, -0.25) is 4.98 Å². The van der Waals surface area contributed by atoms with E-state index in [0.717, 1.165) is 28.6 Å². The van der Waals surface area contributed by atoms with Crippen molar-refractivity contribution in [3.8, 4) is 11.5 Å². The number of nitrogens with zero attached hydrogens (tertiary/aromatic N) is 3. The molecule has 5 nitrogen and oxygen atoms in total. The molecule has 0 saturated carbocycles. The molecule has 0 amide bonds. The molecule has 108 valence electrons. The number of pyridine rings is 1. The highest BCUT2D eigenvalue weighted by Crippen LogP contribution is 2.27. The van der Waals surface area contributed by atoms with Crippen molar-refractivity contribution in [2.45, 2.75) is 32.7 Å². The van der Waals surface area contributed by atoms with Crippen molar-refractivity contribution in [2.75, 3.05) is 0 Å². The maximum Gasteiger partial charge on any atom is 0.258 e. The fourth-order valence-electron chi connectivity index (χ4n) is 2.31. The van der Waals surface area contributed by atoms with Gasteiger partial charge in [-0.2, -0.15) is 4.98 Å². The molecule has 2 heterocycles. The van der Waals surface area contributed by atoms with Gasteiger partial charge in [-0.05, 0) is 25.5 Å². The number of aromatic nitrogens is 3. The van der Waals surface area contributed by atoms with E-state index in [1.807, 2.05) is 44.2 Å². The van der Waals surface area contributed by atoms with E-state index in [4.69, 9.17) is 10.3 Å². The fourth-order valence-corrected chi connectivity index (χ4v) is 2.31. The fraction of sp³-hybridized carbons (Fsp3) is 0.312. The van der Waals surface area contributed by atoms with Crippen LogP contribution in [-0.2, 0) is 6.42 Å². The first kappa shape index (κ1) is 13.7. The first-order chi connectivity index (χ1) is 10.2. The van der Waals surface area contributed by atoms with Crippen LogP contribution in [0.15, 0.2) is 34.9 Å². The molecule has 1 aromatic carbocycles. The summed E-state index contributed by atoms with van der Waals surface area (Å²) in [5, 5.41) is 5.04. The number of rotatable bonds is 4. The molecule has 21 heavy (non-hydrogen) atoms. The smallest absolute Gasteiger partial charge is 0.258 e. The average Bonchev–Trinajstić information content (AvgIpc) is 2.94. The molecule has 1 unspecified atom stereocenters. The van der Waals surface area contributed by atoms with Crippen molar-refractivity contribution in [1.29, 1.82) is 0 Å². The molecule has 3 aromatic rings. The summed E-state index contributed by atoms with van der Waals surface area (Å²) >= 11 is 0. The number of benzene rings is 1. The van der Waals surface area contributed by atoms with Crippen LogP contribution in [-0.4, -0.2) is 21.2 Å². The van der Waals surface area contributed by atoms with Gasteiger partial charge in [0, 0.05) is 23.5 Å². The summed E-state index contributed by atoms with van der Waals surface area (Å²) in [7, 11) is 0. The van der Waals surface area contributed by atoms with Crippen LogP contribution in [0.1, 0.15) is 24.9 Å². The minimum Gasteiger partial charge on any atom is -0.334 e. The number of nitrogens with two attached hydrogens (primary N) is 1. The monoisotopic (exact) mass is 282 g/mol. The van der Waals surface area contributed by atoms with Crippen LogP contribution in [0.2, 0.25) is 0 Å². The van der Waals surface area contributed by atoms with Crippen molar-refractivity contribution >= 4 is 10.9 Å². The molecule has 2 aromatic heterocycles. The summed E-state index contributed by atoms with van der Waals surface area (Å²) in [6.45, 7) is 4.01. The van der Waals surface area contributed by atoms with E-state index < -0.39 is 0 Å². The molecule has 0 aliphatic carbocycles. The first-order valence-corrected chi connectivity index (χ1v) is 7.12. The summed E-state index contributed by atoms with van der Waals surface area (Å²) in [4.78, 5) is 8.99. The lowest BCUT2D eigenvalue weighted by Crippen LogP contribution is -2.21. The van der Waals surface area contributed by atoms with Gasteiger partial charge in [-0.15, -0.1) is 0 Å². The Morgan fingerprint density at radius 1 is 1.24 bits per heavy atom. The van der Waals surface area contributed by atoms with Crippen LogP contribution in [0.25, 0.3) is 22.4 Å². The number of fused-ring (bicyclic) bond motifs is 1. The van der Waals surface area contributed by atoms with E-state index in [-0.39, 0.29) is 6.04 Å². The van der Waals surface area contributed by atoms with Crippen molar-refractivity contribution in [1.82, 2.24) is 15.1 Å². The van der Waals surface area contributed by atoms with E-state index in [9.17, 15) is 0 Å². The van der Waals surface area contributed by atoms with Gasteiger partial charge in [0.1, 0.15) is 0 Å². The molecule has 0 aliphatic heterocycles. The summed E-state index contributed by atoms with van der Waals surface area (Å²) in [6, 6.07) is 9.98. The van der Waals surface area contributed by atoms with Gasteiger partial charge >= 0.3 is 0 Å². The third kappa shape index (κ3) is 2.78. The summed E-state index contributed by atoms with van der Waals surface area (Å²) in [5.41, 5.74) is 8.71. The van der Waals surface area contributed by atoms with Gasteiger partial charge in [0.2, 0.25) is 0 Å². The SMILES string of the molecule is CCC(N)Cc1noc(-c2cc(C)nc3ccccc23)n1. The quantitative estimate of drug-likeness (QED) is 0.796. The standard InChI is InChI=1S/C16H18N4O/c1-3-11(17)9-15-19-16(21-20-15)13-8-10(2)18-14-7-5-4-6-12(13)14/h4-8,11H,3,9,17H2,1-2H3. The van der Waals surface area contributed by atoms with Crippen LogP contribution in [0.5, 0.6) is 0 Å². The zero-order chi connectivity index (χ0) is 14.8. The number of para-hydroxylation sites is 1. The third-order valence-electron chi connectivity index (χ3n) is 3.51. The molecule has 0 radical (unpaired) electrons. The topological polar surface area (TPSA) is 77.8 Å². The molecule has 2 N–H and O–H groups in total. The normalized spacial score (nSPS) is 12.7. The van der Waals surface area contributed by atoms with E-state index in [2.05, 4.69) is 15.1 Å². The summed E-state index contributed by atoms with van der Waals surface area (Å²) in [6.07, 6.45) is 1.52. The van der Waals surface area contributed by atoms with Crippen molar-refractivity contribution in [3.63, 3.8) is 0 Å². The first-order valence-electron chi connectivity index (χ1n) is 7.12. The van der Waals surface area contributed by atoms with E-state index >= 15 is 0 Å². The lowest BCUT2D eigenvalue weighted by Gasteiger charge is -2.04. The second-order valence-electron chi connectivity index (χ2n) is 5.22. The molecule has 0 spiro atoms. The maximum absolute atomic E-state index is 5.94. The van der Waals surface area contributed by atoms with Crippen LogP contribution in [0.4, 0.5) is 0 Å². The minimum atomic E-state index is 0.0615. The zero-order valence-electron chi connectivity index (χ0n) is 12.2. The molecular formula is C16H18N4O. The van der Waals surface area contributed by atoms with Gasteiger partial charge in [-0.25, -0.2) is 0 Å². The maximum atomic E-state index is 5.94. The van der Waals surface area contributed by atoms with Gasteiger partial charge in [0.25, 0.3) is 5.89 Å². The van der Waals surface area contributed by atoms with Gasteiger partial charge in [0.15, 0.2) is 5.82 Å². The molecule has 0 fully saturated rings. The van der Waals surface area contributed by atoms with Crippen molar-refractivity contribution < 1.29 is 4.52 Å². The zero-order valence-corrected chi connectivity index (χ0v) is 12.2. The van der Waals surface area contributed by atoms with Crippen LogP contribution < -0.4 is 5.73 Å². The Balaban J connectivity index is 2.04. The number of aryl methyl sites for hydroxylation is 1. The van der Waals surface area contributed by atoms with E-state index in [1.165, 1.54) is 0 Å². The number of hydrogen-bond acceptors (Lipinski definition) is 5. The highest BCUT2D eigenvalue weighted by atomic mass is 16.5. The van der Waals surface area contributed by atoms with Crippen molar-refractivity contribution in [2.24, 2.45) is 5.73 Å². The highest BCUT2D eigenvalue weighted by molar-refractivity contribution is 5.92. The van der Waals surface area contributed by atoms with Crippen LogP contribution in [0.3, 0.4) is 0 Å².